The zero-order chi connectivity index (χ0) is 31.3. The minimum atomic E-state index is 0.618. The first-order valence-corrected chi connectivity index (χ1v) is 16.4. The second kappa shape index (κ2) is 11.3. The van der Waals surface area contributed by atoms with E-state index >= 15 is 0 Å². The van der Waals surface area contributed by atoms with Gasteiger partial charge >= 0.3 is 0 Å². The van der Waals surface area contributed by atoms with Gasteiger partial charge in [0.1, 0.15) is 5.52 Å². The van der Waals surface area contributed by atoms with Crippen molar-refractivity contribution in [2.24, 2.45) is 0 Å². The minimum Gasteiger partial charge on any atom is -0.436 e. The van der Waals surface area contributed by atoms with Crippen LogP contribution >= 0.6 is 15.9 Å². The normalized spacial score (nSPS) is 11.5. The predicted molar refractivity (Wildman–Crippen MR) is 198 cm³/mol. The van der Waals surface area contributed by atoms with Crippen LogP contribution in [0.2, 0.25) is 0 Å². The Labute approximate surface area is 280 Å². The lowest BCUT2D eigenvalue weighted by molar-refractivity contribution is 0.620. The maximum atomic E-state index is 6.05. The van der Waals surface area contributed by atoms with Crippen molar-refractivity contribution in [3.8, 4) is 50.5 Å². The minimum absolute atomic E-state index is 0.618. The average Bonchev–Trinajstić information content (AvgIpc) is 3.71. The van der Waals surface area contributed by atoms with Crippen LogP contribution in [0.25, 0.3) is 83.4 Å². The van der Waals surface area contributed by atoms with Gasteiger partial charge in [-0.15, -0.1) is 0 Å². The molecule has 3 nitrogen and oxygen atoms in total. The molecule has 0 unspecified atom stereocenters. The van der Waals surface area contributed by atoms with Crippen LogP contribution in [0.1, 0.15) is 0 Å². The molecule has 47 heavy (non-hydrogen) atoms. The first-order valence-electron chi connectivity index (χ1n) is 15.7. The fourth-order valence-corrected chi connectivity index (χ4v) is 7.10. The van der Waals surface area contributed by atoms with Crippen LogP contribution in [0.15, 0.2) is 173 Å². The fourth-order valence-electron chi connectivity index (χ4n) is 6.75. The summed E-state index contributed by atoms with van der Waals surface area (Å²) in [5.41, 5.74) is 13.2. The van der Waals surface area contributed by atoms with Crippen LogP contribution in [0.5, 0.6) is 0 Å². The second-order valence-corrected chi connectivity index (χ2v) is 12.6. The summed E-state index contributed by atoms with van der Waals surface area (Å²) in [4.78, 5) is 4.71. The zero-order valence-corrected chi connectivity index (χ0v) is 26.9. The second-order valence-electron chi connectivity index (χ2n) is 11.7. The monoisotopic (exact) mass is 666 g/mol. The first kappa shape index (κ1) is 27.6. The highest BCUT2D eigenvalue weighted by Crippen LogP contribution is 2.39. The third kappa shape index (κ3) is 4.77. The van der Waals surface area contributed by atoms with Crippen molar-refractivity contribution in [1.29, 1.82) is 0 Å². The molecule has 0 amide bonds. The van der Waals surface area contributed by atoms with Gasteiger partial charge in [-0.05, 0) is 88.0 Å². The molecule has 0 aliphatic heterocycles. The Morgan fingerprint density at radius 3 is 1.55 bits per heavy atom. The molecule has 0 aliphatic carbocycles. The van der Waals surface area contributed by atoms with E-state index in [0.29, 0.717) is 5.89 Å². The Morgan fingerprint density at radius 1 is 0.468 bits per heavy atom. The van der Waals surface area contributed by atoms with E-state index in [1.807, 2.05) is 18.2 Å². The Balaban J connectivity index is 1.09. The number of para-hydroxylation sites is 2. The topological polar surface area (TPSA) is 31.0 Å². The number of aromatic nitrogens is 2. The Bertz CT molecular complexity index is 2520. The SMILES string of the molecule is Brc1ccc2oc(-c3ccc(-c4ccccc4-c4ccccc4-c4ccc(-n5c6ccccc6c6ccccc65)cc4)cc3)nc2c1. The molecule has 0 N–H and O–H groups in total. The standard InChI is InChI=1S/C43H27BrN2O/c44-31-23-26-42-39(27-31)45-43(47-42)30-19-17-28(18-20-30)33-9-1-3-11-35(33)36-12-4-2-10-34(36)29-21-24-32(25-22-29)46-40-15-7-5-13-37(40)38-14-6-8-16-41(38)46/h1-27H. The molecule has 0 saturated carbocycles. The van der Waals surface area contributed by atoms with Gasteiger partial charge in [0.2, 0.25) is 5.89 Å². The van der Waals surface area contributed by atoms with Crippen molar-refractivity contribution >= 4 is 48.8 Å². The van der Waals surface area contributed by atoms with E-state index in [0.717, 1.165) is 32.4 Å². The number of nitrogens with zero attached hydrogens (tertiary/aromatic N) is 2. The third-order valence-corrected chi connectivity index (χ3v) is 9.45. The highest BCUT2D eigenvalue weighted by Gasteiger charge is 2.15. The van der Waals surface area contributed by atoms with Gasteiger partial charge in [0.15, 0.2) is 5.58 Å². The fraction of sp³-hybridized carbons (Fsp3) is 0. The molecule has 0 spiro atoms. The third-order valence-electron chi connectivity index (χ3n) is 8.95. The van der Waals surface area contributed by atoms with Gasteiger partial charge in [-0.1, -0.05) is 125 Å². The average molecular weight is 668 g/mol. The molecule has 0 fully saturated rings. The molecule has 7 aromatic carbocycles. The molecular weight excluding hydrogens is 640 g/mol. The van der Waals surface area contributed by atoms with Crippen LogP contribution in [0.3, 0.4) is 0 Å². The van der Waals surface area contributed by atoms with E-state index in [-0.39, 0.29) is 0 Å². The summed E-state index contributed by atoms with van der Waals surface area (Å²) >= 11 is 3.52. The zero-order valence-electron chi connectivity index (χ0n) is 25.3. The van der Waals surface area contributed by atoms with Crippen molar-refractivity contribution in [1.82, 2.24) is 9.55 Å². The molecule has 2 heterocycles. The van der Waals surface area contributed by atoms with Crippen molar-refractivity contribution in [3.63, 3.8) is 0 Å². The largest absolute Gasteiger partial charge is 0.436 e. The summed E-state index contributed by atoms with van der Waals surface area (Å²) in [5.74, 6) is 0.618. The molecule has 0 bridgehead atoms. The molecule has 222 valence electrons. The summed E-state index contributed by atoms with van der Waals surface area (Å²) in [6, 6.07) is 57.9. The van der Waals surface area contributed by atoms with Crippen LogP contribution in [0.4, 0.5) is 0 Å². The summed E-state index contributed by atoms with van der Waals surface area (Å²) < 4.78 is 9.40. The van der Waals surface area contributed by atoms with Gasteiger partial charge < -0.3 is 8.98 Å². The van der Waals surface area contributed by atoms with Crippen molar-refractivity contribution in [2.75, 3.05) is 0 Å². The molecule has 9 aromatic rings. The maximum absolute atomic E-state index is 6.05. The lowest BCUT2D eigenvalue weighted by atomic mass is 9.89. The van der Waals surface area contributed by atoms with Gasteiger partial charge in [0, 0.05) is 26.5 Å². The number of hydrogen-bond acceptors (Lipinski definition) is 2. The van der Waals surface area contributed by atoms with E-state index in [9.17, 15) is 0 Å². The van der Waals surface area contributed by atoms with Crippen molar-refractivity contribution < 1.29 is 4.42 Å². The van der Waals surface area contributed by atoms with Crippen molar-refractivity contribution in [3.05, 3.63) is 168 Å². The lowest BCUT2D eigenvalue weighted by Crippen LogP contribution is -1.94. The Kier molecular flexibility index (Phi) is 6.61. The number of hydrogen-bond donors (Lipinski definition) is 0. The summed E-state index contributed by atoms with van der Waals surface area (Å²) in [7, 11) is 0. The number of fused-ring (bicyclic) bond motifs is 4. The highest BCUT2D eigenvalue weighted by atomic mass is 79.9. The van der Waals surface area contributed by atoms with Crippen LogP contribution in [-0.4, -0.2) is 9.55 Å². The van der Waals surface area contributed by atoms with Gasteiger partial charge in [-0.2, -0.15) is 0 Å². The molecule has 2 aromatic heterocycles. The quantitative estimate of drug-likeness (QED) is 0.183. The van der Waals surface area contributed by atoms with Gasteiger partial charge in [0.25, 0.3) is 0 Å². The Morgan fingerprint density at radius 2 is 0.957 bits per heavy atom. The summed E-state index contributed by atoms with van der Waals surface area (Å²) in [5, 5.41) is 2.54. The molecular formula is C43H27BrN2O. The number of oxazole rings is 1. The Hall–Kier alpha value is -5.71. The first-order chi connectivity index (χ1) is 23.2. The van der Waals surface area contributed by atoms with Gasteiger partial charge in [0.05, 0.1) is 11.0 Å². The molecule has 9 rings (SSSR count). The van der Waals surface area contributed by atoms with E-state index in [4.69, 9.17) is 9.40 Å². The van der Waals surface area contributed by atoms with Gasteiger partial charge in [-0.25, -0.2) is 4.98 Å². The van der Waals surface area contributed by atoms with E-state index in [2.05, 4.69) is 166 Å². The van der Waals surface area contributed by atoms with Crippen LogP contribution in [0, 0.1) is 0 Å². The van der Waals surface area contributed by atoms with Crippen molar-refractivity contribution in [2.45, 2.75) is 0 Å². The van der Waals surface area contributed by atoms with E-state index < -0.39 is 0 Å². The van der Waals surface area contributed by atoms with E-state index in [1.165, 1.54) is 49.6 Å². The summed E-state index contributed by atoms with van der Waals surface area (Å²) in [6.07, 6.45) is 0. The van der Waals surface area contributed by atoms with Crippen LogP contribution in [-0.2, 0) is 0 Å². The number of rotatable bonds is 5. The molecule has 0 radical (unpaired) electrons. The highest BCUT2D eigenvalue weighted by molar-refractivity contribution is 9.10. The lowest BCUT2D eigenvalue weighted by Gasteiger charge is -2.15. The molecule has 4 heteroatoms. The van der Waals surface area contributed by atoms with Crippen LogP contribution < -0.4 is 0 Å². The smallest absolute Gasteiger partial charge is 0.227 e. The van der Waals surface area contributed by atoms with E-state index in [1.54, 1.807) is 0 Å². The van der Waals surface area contributed by atoms with Gasteiger partial charge in [-0.3, -0.25) is 0 Å². The predicted octanol–water partition coefficient (Wildman–Crippen LogP) is 12.4. The number of benzene rings is 7. The molecule has 0 saturated heterocycles. The number of halogens is 1. The maximum Gasteiger partial charge on any atom is 0.227 e. The molecule has 0 atom stereocenters. The summed E-state index contributed by atoms with van der Waals surface area (Å²) in [6.45, 7) is 0. The molecule has 0 aliphatic rings.